The van der Waals surface area contributed by atoms with Gasteiger partial charge in [0.25, 0.3) is 0 Å². The molecule has 0 aliphatic heterocycles. The van der Waals surface area contributed by atoms with E-state index >= 15 is 0 Å². The molecule has 2 atom stereocenters. The maximum atomic E-state index is 11.5. The Morgan fingerprint density at radius 1 is 1.27 bits per heavy atom. The van der Waals surface area contributed by atoms with Gasteiger partial charge in [0.1, 0.15) is 9.84 Å². The molecule has 0 bridgehead atoms. The Labute approximate surface area is 92.8 Å². The quantitative estimate of drug-likeness (QED) is 0.788. The van der Waals surface area contributed by atoms with Crippen LogP contribution in [-0.2, 0) is 9.84 Å². The molecule has 2 unspecified atom stereocenters. The van der Waals surface area contributed by atoms with Crippen LogP contribution in [0.25, 0.3) is 0 Å². The van der Waals surface area contributed by atoms with Gasteiger partial charge in [-0.2, -0.15) is 0 Å². The summed E-state index contributed by atoms with van der Waals surface area (Å²) < 4.78 is 23.0. The molecule has 15 heavy (non-hydrogen) atoms. The Morgan fingerprint density at radius 3 is 2.60 bits per heavy atom. The normalized spacial score (nSPS) is 27.9. The highest BCUT2D eigenvalue weighted by molar-refractivity contribution is 7.91. The van der Waals surface area contributed by atoms with Gasteiger partial charge in [-0.05, 0) is 31.6 Å². The van der Waals surface area contributed by atoms with Crippen LogP contribution in [0.1, 0.15) is 45.4 Å². The standard InChI is InChI=1S/C11H22O3S/c1-2-7-15(13,14)8-6-10-4-3-5-11(12)9-10/h10-12H,2-9H2,1H3. The lowest BCUT2D eigenvalue weighted by atomic mass is 9.86. The van der Waals surface area contributed by atoms with E-state index in [2.05, 4.69) is 0 Å². The average molecular weight is 234 g/mol. The first-order chi connectivity index (χ1) is 7.03. The zero-order chi connectivity index (χ0) is 11.3. The summed E-state index contributed by atoms with van der Waals surface area (Å²) in [5.74, 6) is 1.03. The summed E-state index contributed by atoms with van der Waals surface area (Å²) >= 11 is 0. The van der Waals surface area contributed by atoms with Crippen LogP contribution >= 0.6 is 0 Å². The minimum atomic E-state index is -2.83. The molecule has 0 spiro atoms. The van der Waals surface area contributed by atoms with Crippen LogP contribution in [0.5, 0.6) is 0 Å². The number of hydrogen-bond acceptors (Lipinski definition) is 3. The molecule has 90 valence electrons. The highest BCUT2D eigenvalue weighted by Gasteiger charge is 2.21. The first-order valence-corrected chi connectivity index (χ1v) is 7.74. The van der Waals surface area contributed by atoms with Gasteiger partial charge in [-0.15, -0.1) is 0 Å². The highest BCUT2D eigenvalue weighted by atomic mass is 32.2. The number of sulfone groups is 1. The monoisotopic (exact) mass is 234 g/mol. The molecule has 0 aromatic carbocycles. The minimum absolute atomic E-state index is 0.197. The van der Waals surface area contributed by atoms with E-state index in [1.165, 1.54) is 0 Å². The molecule has 0 heterocycles. The van der Waals surface area contributed by atoms with Crippen molar-refractivity contribution in [1.29, 1.82) is 0 Å². The Kier molecular flexibility index (Phi) is 5.06. The van der Waals surface area contributed by atoms with Crippen molar-refractivity contribution in [2.75, 3.05) is 11.5 Å². The zero-order valence-electron chi connectivity index (χ0n) is 9.48. The second-order valence-electron chi connectivity index (χ2n) is 4.63. The van der Waals surface area contributed by atoms with E-state index in [9.17, 15) is 13.5 Å². The van der Waals surface area contributed by atoms with Crippen LogP contribution in [-0.4, -0.2) is 31.1 Å². The predicted molar refractivity (Wildman–Crippen MR) is 61.5 cm³/mol. The molecule has 1 rings (SSSR count). The third-order valence-electron chi connectivity index (χ3n) is 3.11. The van der Waals surface area contributed by atoms with E-state index < -0.39 is 9.84 Å². The first-order valence-electron chi connectivity index (χ1n) is 5.92. The fraction of sp³-hybridized carbons (Fsp3) is 1.00. The largest absolute Gasteiger partial charge is 0.393 e. The Balaban J connectivity index is 2.30. The van der Waals surface area contributed by atoms with Crippen molar-refractivity contribution in [1.82, 2.24) is 0 Å². The molecule has 1 aliphatic rings. The van der Waals surface area contributed by atoms with Gasteiger partial charge in [-0.25, -0.2) is 8.42 Å². The fourth-order valence-electron chi connectivity index (χ4n) is 2.28. The molecule has 3 nitrogen and oxygen atoms in total. The molecular weight excluding hydrogens is 212 g/mol. The second-order valence-corrected chi connectivity index (χ2v) is 6.93. The molecule has 1 aliphatic carbocycles. The van der Waals surface area contributed by atoms with Crippen LogP contribution in [0, 0.1) is 5.92 Å². The summed E-state index contributed by atoms with van der Waals surface area (Å²) in [4.78, 5) is 0. The SMILES string of the molecule is CCCS(=O)(=O)CCC1CCCC(O)C1. The molecule has 0 saturated heterocycles. The summed E-state index contributed by atoms with van der Waals surface area (Å²) in [5.41, 5.74) is 0. The topological polar surface area (TPSA) is 54.4 Å². The van der Waals surface area contributed by atoms with Crippen molar-refractivity contribution >= 4 is 9.84 Å². The third kappa shape index (κ3) is 4.98. The van der Waals surface area contributed by atoms with Crippen LogP contribution in [0.4, 0.5) is 0 Å². The summed E-state index contributed by atoms with van der Waals surface area (Å²) in [6.45, 7) is 1.89. The molecule has 0 aromatic heterocycles. The minimum Gasteiger partial charge on any atom is -0.393 e. The van der Waals surface area contributed by atoms with Crippen molar-refractivity contribution in [3.63, 3.8) is 0 Å². The summed E-state index contributed by atoms with van der Waals surface area (Å²) in [5, 5.41) is 9.46. The van der Waals surface area contributed by atoms with Gasteiger partial charge in [0.15, 0.2) is 0 Å². The molecular formula is C11H22O3S. The second kappa shape index (κ2) is 5.85. The summed E-state index contributed by atoms with van der Waals surface area (Å²) in [7, 11) is -2.83. The highest BCUT2D eigenvalue weighted by Crippen LogP contribution is 2.27. The van der Waals surface area contributed by atoms with Crippen LogP contribution < -0.4 is 0 Å². The van der Waals surface area contributed by atoms with Crippen LogP contribution in [0.15, 0.2) is 0 Å². The molecule has 4 heteroatoms. The molecule has 0 aromatic rings. The number of aliphatic hydroxyl groups excluding tert-OH is 1. The maximum absolute atomic E-state index is 11.5. The molecule has 0 radical (unpaired) electrons. The van der Waals surface area contributed by atoms with Crippen molar-refractivity contribution in [3.8, 4) is 0 Å². The Bertz CT molecular complexity index is 272. The number of rotatable bonds is 5. The van der Waals surface area contributed by atoms with Crippen molar-refractivity contribution in [3.05, 3.63) is 0 Å². The van der Waals surface area contributed by atoms with Crippen molar-refractivity contribution in [2.24, 2.45) is 5.92 Å². The van der Waals surface area contributed by atoms with E-state index in [-0.39, 0.29) is 6.10 Å². The van der Waals surface area contributed by atoms with Gasteiger partial charge in [-0.3, -0.25) is 0 Å². The van der Waals surface area contributed by atoms with E-state index in [0.717, 1.165) is 32.1 Å². The molecule has 1 saturated carbocycles. The average Bonchev–Trinajstić information content (AvgIpc) is 2.15. The number of hydrogen-bond donors (Lipinski definition) is 1. The van der Waals surface area contributed by atoms with Gasteiger partial charge in [0.05, 0.1) is 11.9 Å². The Hall–Kier alpha value is -0.0900. The molecule has 1 fully saturated rings. The van der Waals surface area contributed by atoms with Gasteiger partial charge < -0.3 is 5.11 Å². The van der Waals surface area contributed by atoms with E-state index in [4.69, 9.17) is 0 Å². The van der Waals surface area contributed by atoms with Gasteiger partial charge in [0, 0.05) is 5.75 Å². The lowest BCUT2D eigenvalue weighted by Gasteiger charge is -2.25. The van der Waals surface area contributed by atoms with E-state index in [1.54, 1.807) is 0 Å². The summed E-state index contributed by atoms with van der Waals surface area (Å²) in [6, 6.07) is 0. The van der Waals surface area contributed by atoms with Crippen molar-refractivity contribution < 1.29 is 13.5 Å². The predicted octanol–water partition coefficient (Wildman–Crippen LogP) is 1.75. The third-order valence-corrected chi connectivity index (χ3v) is 5.00. The van der Waals surface area contributed by atoms with Gasteiger partial charge >= 0.3 is 0 Å². The lowest BCUT2D eigenvalue weighted by molar-refractivity contribution is 0.100. The summed E-state index contributed by atoms with van der Waals surface area (Å²) in [6.07, 6.45) is 5.05. The first kappa shape index (κ1) is 13.0. The number of aliphatic hydroxyl groups is 1. The van der Waals surface area contributed by atoms with Gasteiger partial charge in [-0.1, -0.05) is 19.8 Å². The van der Waals surface area contributed by atoms with Crippen LogP contribution in [0.3, 0.4) is 0 Å². The molecule has 0 amide bonds. The maximum Gasteiger partial charge on any atom is 0.150 e. The smallest absolute Gasteiger partial charge is 0.150 e. The van der Waals surface area contributed by atoms with Gasteiger partial charge in [0.2, 0.25) is 0 Å². The van der Waals surface area contributed by atoms with E-state index in [0.29, 0.717) is 23.8 Å². The van der Waals surface area contributed by atoms with Crippen LogP contribution in [0.2, 0.25) is 0 Å². The van der Waals surface area contributed by atoms with E-state index in [1.807, 2.05) is 6.92 Å². The lowest BCUT2D eigenvalue weighted by Crippen LogP contribution is -2.22. The fourth-order valence-corrected chi connectivity index (χ4v) is 3.80. The Morgan fingerprint density at radius 2 is 2.00 bits per heavy atom. The zero-order valence-corrected chi connectivity index (χ0v) is 10.3. The molecule has 1 N–H and O–H groups in total. The van der Waals surface area contributed by atoms with Crippen molar-refractivity contribution in [2.45, 2.75) is 51.6 Å².